The Labute approximate surface area is 108 Å². The quantitative estimate of drug-likeness (QED) is 0.340. The number of amides is 1. The molecular formula is C13H23N3O2. The highest BCUT2D eigenvalue weighted by molar-refractivity contribution is 5.92. The Morgan fingerprint density at radius 2 is 2.00 bits per heavy atom. The summed E-state index contributed by atoms with van der Waals surface area (Å²) in [5, 5.41) is 11.9. The van der Waals surface area contributed by atoms with Crippen molar-refractivity contribution in [1.82, 2.24) is 4.90 Å². The summed E-state index contributed by atoms with van der Waals surface area (Å²) in [6.45, 7) is 2.79. The molecule has 0 aromatic carbocycles. The van der Waals surface area contributed by atoms with Crippen molar-refractivity contribution in [1.29, 1.82) is 0 Å². The number of piperidine rings is 1. The first-order valence-corrected chi connectivity index (χ1v) is 6.87. The fourth-order valence-electron chi connectivity index (χ4n) is 3.26. The van der Waals surface area contributed by atoms with Crippen molar-refractivity contribution >= 4 is 11.7 Å². The van der Waals surface area contributed by atoms with Gasteiger partial charge in [-0.1, -0.05) is 24.9 Å². The molecule has 1 heterocycles. The van der Waals surface area contributed by atoms with E-state index in [0.29, 0.717) is 0 Å². The summed E-state index contributed by atoms with van der Waals surface area (Å²) in [5.41, 5.74) is 5.49. The number of rotatable bonds is 2. The maximum atomic E-state index is 12.7. The molecular weight excluding hydrogens is 230 g/mol. The van der Waals surface area contributed by atoms with E-state index in [1.807, 2.05) is 4.90 Å². The maximum Gasteiger partial charge on any atom is 0.229 e. The van der Waals surface area contributed by atoms with E-state index < -0.39 is 0 Å². The van der Waals surface area contributed by atoms with Crippen LogP contribution in [-0.2, 0) is 4.79 Å². The lowest BCUT2D eigenvalue weighted by atomic mass is 9.85. The molecule has 1 aliphatic heterocycles. The van der Waals surface area contributed by atoms with Crippen molar-refractivity contribution in [3.05, 3.63) is 0 Å². The topological polar surface area (TPSA) is 78.9 Å². The summed E-state index contributed by atoms with van der Waals surface area (Å²) >= 11 is 0. The van der Waals surface area contributed by atoms with Crippen LogP contribution in [0.1, 0.15) is 51.9 Å². The Morgan fingerprint density at radius 3 is 2.61 bits per heavy atom. The van der Waals surface area contributed by atoms with Crippen LogP contribution in [0.5, 0.6) is 0 Å². The highest BCUT2D eigenvalue weighted by Gasteiger charge is 2.42. The molecule has 102 valence electrons. The number of carbonyl (C=O) groups is 1. The average Bonchev–Trinajstić information content (AvgIpc) is 2.85. The molecule has 1 saturated heterocycles. The summed E-state index contributed by atoms with van der Waals surface area (Å²) in [6, 6.07) is -0.214. The standard InChI is InChI=1S/C13H23N3O2/c1-13(7-3-4-8-13)12(17)16-9-5-2-6-10(16)11(14)15-18/h10,18H,2-9H2,1H3,(H2,14,15). The number of oxime groups is 1. The minimum absolute atomic E-state index is 0.171. The molecule has 2 rings (SSSR count). The summed E-state index contributed by atoms with van der Waals surface area (Å²) in [4.78, 5) is 14.5. The van der Waals surface area contributed by atoms with Gasteiger partial charge in [-0.3, -0.25) is 4.79 Å². The molecule has 1 atom stereocenters. The van der Waals surface area contributed by atoms with Gasteiger partial charge >= 0.3 is 0 Å². The number of amidine groups is 1. The molecule has 0 bridgehead atoms. The van der Waals surface area contributed by atoms with Gasteiger partial charge < -0.3 is 15.8 Å². The SMILES string of the molecule is CC1(C(=O)N2CCCCC2C(N)=NO)CCCC1. The van der Waals surface area contributed by atoms with E-state index in [4.69, 9.17) is 10.9 Å². The van der Waals surface area contributed by atoms with E-state index in [1.165, 1.54) is 0 Å². The Hall–Kier alpha value is -1.26. The molecule has 0 spiro atoms. The molecule has 18 heavy (non-hydrogen) atoms. The lowest BCUT2D eigenvalue weighted by Crippen LogP contribution is -2.54. The van der Waals surface area contributed by atoms with Crippen LogP contribution in [0.4, 0.5) is 0 Å². The molecule has 0 radical (unpaired) electrons. The van der Waals surface area contributed by atoms with Crippen LogP contribution in [-0.4, -0.2) is 34.4 Å². The van der Waals surface area contributed by atoms with Crippen LogP contribution in [0.15, 0.2) is 5.16 Å². The van der Waals surface area contributed by atoms with Gasteiger partial charge in [0.1, 0.15) is 0 Å². The van der Waals surface area contributed by atoms with E-state index >= 15 is 0 Å². The van der Waals surface area contributed by atoms with E-state index in [-0.39, 0.29) is 23.2 Å². The van der Waals surface area contributed by atoms with Crippen LogP contribution in [0, 0.1) is 5.41 Å². The smallest absolute Gasteiger partial charge is 0.229 e. The van der Waals surface area contributed by atoms with Crippen molar-refractivity contribution in [2.75, 3.05) is 6.54 Å². The number of nitrogens with zero attached hydrogens (tertiary/aromatic N) is 2. The highest BCUT2D eigenvalue weighted by atomic mass is 16.4. The zero-order valence-electron chi connectivity index (χ0n) is 11.1. The van der Waals surface area contributed by atoms with E-state index in [2.05, 4.69) is 12.1 Å². The van der Waals surface area contributed by atoms with E-state index in [1.54, 1.807) is 0 Å². The minimum atomic E-state index is -0.231. The third-order valence-corrected chi connectivity index (χ3v) is 4.44. The van der Waals surface area contributed by atoms with Crippen LogP contribution in [0.3, 0.4) is 0 Å². The number of likely N-dealkylation sites (tertiary alicyclic amines) is 1. The Balaban J connectivity index is 2.16. The molecule has 5 heteroatoms. The second-order valence-corrected chi connectivity index (χ2v) is 5.80. The lowest BCUT2D eigenvalue weighted by Gasteiger charge is -2.39. The van der Waals surface area contributed by atoms with Crippen LogP contribution >= 0.6 is 0 Å². The predicted octanol–water partition coefficient (Wildman–Crippen LogP) is 1.69. The number of nitrogens with two attached hydrogens (primary N) is 1. The zero-order chi connectivity index (χ0) is 13.2. The van der Waals surface area contributed by atoms with Crippen LogP contribution in [0.25, 0.3) is 0 Å². The summed E-state index contributed by atoms with van der Waals surface area (Å²) < 4.78 is 0. The molecule has 3 N–H and O–H groups in total. The summed E-state index contributed by atoms with van der Waals surface area (Å²) in [7, 11) is 0. The van der Waals surface area contributed by atoms with Crippen molar-refractivity contribution in [3.63, 3.8) is 0 Å². The first-order chi connectivity index (χ1) is 8.58. The van der Waals surface area contributed by atoms with Crippen molar-refractivity contribution in [3.8, 4) is 0 Å². The third kappa shape index (κ3) is 2.31. The number of hydrogen-bond donors (Lipinski definition) is 2. The van der Waals surface area contributed by atoms with Gasteiger partial charge in [0.2, 0.25) is 5.91 Å². The number of carbonyl (C=O) groups excluding carboxylic acids is 1. The largest absolute Gasteiger partial charge is 0.409 e. The Bertz CT molecular complexity index is 348. The van der Waals surface area contributed by atoms with Gasteiger partial charge in [-0.2, -0.15) is 0 Å². The second-order valence-electron chi connectivity index (χ2n) is 5.80. The van der Waals surface area contributed by atoms with Gasteiger partial charge in [0.25, 0.3) is 0 Å². The van der Waals surface area contributed by atoms with Crippen molar-refractivity contribution in [2.24, 2.45) is 16.3 Å². The lowest BCUT2D eigenvalue weighted by molar-refractivity contribution is -0.143. The summed E-state index contributed by atoms with van der Waals surface area (Å²) in [5.74, 6) is 0.362. The molecule has 0 aromatic rings. The van der Waals surface area contributed by atoms with Crippen LogP contribution < -0.4 is 5.73 Å². The minimum Gasteiger partial charge on any atom is -0.409 e. The average molecular weight is 253 g/mol. The molecule has 0 aromatic heterocycles. The molecule has 1 saturated carbocycles. The Kier molecular flexibility index (Phi) is 3.78. The highest BCUT2D eigenvalue weighted by Crippen LogP contribution is 2.40. The van der Waals surface area contributed by atoms with Gasteiger partial charge in [0.05, 0.1) is 6.04 Å². The molecule has 2 aliphatic rings. The van der Waals surface area contributed by atoms with E-state index in [0.717, 1.165) is 51.5 Å². The Morgan fingerprint density at radius 1 is 1.33 bits per heavy atom. The first-order valence-electron chi connectivity index (χ1n) is 6.87. The second kappa shape index (κ2) is 5.16. The fraction of sp³-hybridized carbons (Fsp3) is 0.846. The third-order valence-electron chi connectivity index (χ3n) is 4.44. The molecule has 1 amide bonds. The van der Waals surface area contributed by atoms with Gasteiger partial charge in [-0.15, -0.1) is 0 Å². The van der Waals surface area contributed by atoms with Gasteiger partial charge in [-0.25, -0.2) is 0 Å². The number of hydrogen-bond acceptors (Lipinski definition) is 3. The van der Waals surface area contributed by atoms with Gasteiger partial charge in [0.15, 0.2) is 5.84 Å². The van der Waals surface area contributed by atoms with Crippen LogP contribution in [0.2, 0.25) is 0 Å². The predicted molar refractivity (Wildman–Crippen MR) is 69.3 cm³/mol. The normalized spacial score (nSPS) is 28.4. The molecule has 2 fully saturated rings. The molecule has 1 aliphatic carbocycles. The maximum absolute atomic E-state index is 12.7. The van der Waals surface area contributed by atoms with Gasteiger partial charge in [0, 0.05) is 12.0 Å². The monoisotopic (exact) mass is 253 g/mol. The first kappa shape index (κ1) is 13.2. The molecule has 5 nitrogen and oxygen atoms in total. The van der Waals surface area contributed by atoms with Crippen molar-refractivity contribution in [2.45, 2.75) is 57.9 Å². The summed E-state index contributed by atoms with van der Waals surface area (Å²) in [6.07, 6.45) is 7.03. The molecule has 1 unspecified atom stereocenters. The van der Waals surface area contributed by atoms with Gasteiger partial charge in [-0.05, 0) is 32.1 Å². The van der Waals surface area contributed by atoms with Crippen molar-refractivity contribution < 1.29 is 10.0 Å². The zero-order valence-corrected chi connectivity index (χ0v) is 11.1. The fourth-order valence-corrected chi connectivity index (χ4v) is 3.26. The van der Waals surface area contributed by atoms with E-state index in [9.17, 15) is 4.79 Å².